The van der Waals surface area contributed by atoms with Crippen LogP contribution in [0.15, 0.2) is 47.0 Å². The maximum atomic E-state index is 12.9. The first-order valence-corrected chi connectivity index (χ1v) is 21.6. The molecule has 286 valence electrons. The summed E-state index contributed by atoms with van der Waals surface area (Å²) in [6.07, 6.45) is 19.5. The van der Waals surface area contributed by atoms with E-state index in [1.165, 1.54) is 77.7 Å². The Kier molecular flexibility index (Phi) is 20.2. The third kappa shape index (κ3) is 14.1. The number of halogens is 4. The number of rotatable bonds is 24. The van der Waals surface area contributed by atoms with Gasteiger partial charge in [-0.2, -0.15) is 0 Å². The van der Waals surface area contributed by atoms with E-state index in [2.05, 4.69) is 81.1 Å². The van der Waals surface area contributed by atoms with Crippen LogP contribution < -0.4 is 10.1 Å². The van der Waals surface area contributed by atoms with Gasteiger partial charge in [0.15, 0.2) is 5.60 Å². The summed E-state index contributed by atoms with van der Waals surface area (Å²) in [5.74, 6) is 1.00. The third-order valence-corrected chi connectivity index (χ3v) is 11.9. The summed E-state index contributed by atoms with van der Waals surface area (Å²) in [6.45, 7) is 3.77. The number of nitrogens with one attached hydrogen (secondary N) is 1. The number of carbonyl (C=O) groups is 2. The minimum atomic E-state index is -1.20. The summed E-state index contributed by atoms with van der Waals surface area (Å²) < 4.78 is 14.0. The number of allylic oxidation sites excluding steroid dienone is 1. The largest absolute Gasteiger partial charge is 0.495 e. The third-order valence-electron chi connectivity index (χ3n) is 9.31. The quantitative estimate of drug-likeness (QED) is 0.1000. The van der Waals surface area contributed by atoms with E-state index in [-0.39, 0.29) is 23.9 Å². The molecule has 0 saturated heterocycles. The number of ether oxygens (including phenoxy) is 2. The molecule has 51 heavy (non-hydrogen) atoms. The maximum absolute atomic E-state index is 12.9. The van der Waals surface area contributed by atoms with Gasteiger partial charge in [-0.1, -0.05) is 89.1 Å². The number of oxime groups is 1. The first-order chi connectivity index (χ1) is 24.5. The molecule has 13 heteroatoms. The normalized spacial score (nSPS) is 18.4. The number of hydrogen-bond acceptors (Lipinski definition) is 7. The van der Waals surface area contributed by atoms with Gasteiger partial charge in [0.05, 0.1) is 31.6 Å². The van der Waals surface area contributed by atoms with Gasteiger partial charge in [-0.3, -0.25) is 9.59 Å². The van der Waals surface area contributed by atoms with Gasteiger partial charge in [0, 0.05) is 33.0 Å². The number of aliphatic hydroxyl groups is 1. The number of amides is 2. The number of hydrogen-bond donors (Lipinski definition) is 2. The number of benzene rings is 1. The SMILES string of the molecule is CCCCCCCCCCCCCCCC(=O)N(C)CCCOc1c(Br)cc(CCNC(=O)C2=NO[C@]3(C=C(Br)C(OC)=C(Br)[C@@H]3O)C2)cc1Br. The van der Waals surface area contributed by atoms with Gasteiger partial charge in [0.2, 0.25) is 5.91 Å². The molecule has 1 aliphatic heterocycles. The predicted molar refractivity (Wildman–Crippen MR) is 218 cm³/mol. The predicted octanol–water partition coefficient (Wildman–Crippen LogP) is 10.0. The molecule has 2 N–H and O–H groups in total. The molecular formula is C38H55Br4N3O6. The molecule has 1 heterocycles. The number of nitrogens with zero attached hydrogens (tertiary/aromatic N) is 2. The Morgan fingerprint density at radius 1 is 0.961 bits per heavy atom. The molecule has 0 aromatic heterocycles. The van der Waals surface area contributed by atoms with E-state index < -0.39 is 11.7 Å². The Bertz CT molecular complexity index is 1360. The van der Waals surface area contributed by atoms with E-state index in [4.69, 9.17) is 14.3 Å². The molecule has 1 aromatic carbocycles. The topological polar surface area (TPSA) is 110 Å². The molecule has 0 saturated carbocycles. The molecule has 0 unspecified atom stereocenters. The number of carbonyl (C=O) groups excluding carboxylic acids is 2. The lowest BCUT2D eigenvalue weighted by molar-refractivity contribution is -0.130. The first kappa shape index (κ1) is 44.0. The minimum absolute atomic E-state index is 0.105. The summed E-state index contributed by atoms with van der Waals surface area (Å²) in [6, 6.07) is 3.95. The van der Waals surface area contributed by atoms with Gasteiger partial charge in [0.25, 0.3) is 5.91 Å². The van der Waals surface area contributed by atoms with Crippen molar-refractivity contribution in [2.75, 3.05) is 33.9 Å². The zero-order valence-corrected chi connectivity index (χ0v) is 36.7. The van der Waals surface area contributed by atoms with E-state index in [1.807, 2.05) is 24.1 Å². The molecule has 3 rings (SSSR count). The van der Waals surface area contributed by atoms with Gasteiger partial charge in [0.1, 0.15) is 23.3 Å². The molecule has 1 aliphatic carbocycles. The highest BCUT2D eigenvalue weighted by Gasteiger charge is 2.50. The molecular weight excluding hydrogens is 914 g/mol. The molecule has 1 aromatic rings. The fourth-order valence-corrected chi connectivity index (χ4v) is 9.52. The second-order valence-electron chi connectivity index (χ2n) is 13.4. The zero-order chi connectivity index (χ0) is 37.2. The Balaban J connectivity index is 1.28. The van der Waals surface area contributed by atoms with Crippen molar-refractivity contribution in [3.05, 3.63) is 47.4 Å². The van der Waals surface area contributed by atoms with E-state index in [0.717, 1.165) is 33.8 Å². The summed E-state index contributed by atoms with van der Waals surface area (Å²) in [4.78, 5) is 32.9. The van der Waals surface area contributed by atoms with Crippen molar-refractivity contribution in [1.82, 2.24) is 10.2 Å². The number of aliphatic hydroxyl groups excluding tert-OH is 1. The average molecular weight is 969 g/mol. The van der Waals surface area contributed by atoms with Gasteiger partial charge >= 0.3 is 0 Å². The highest BCUT2D eigenvalue weighted by Crippen LogP contribution is 2.44. The number of unbranched alkanes of at least 4 members (excludes halogenated alkanes) is 12. The van der Waals surface area contributed by atoms with Crippen molar-refractivity contribution in [3.63, 3.8) is 0 Å². The van der Waals surface area contributed by atoms with Gasteiger partial charge in [-0.05, 0) is 107 Å². The van der Waals surface area contributed by atoms with Crippen LogP contribution in [0.4, 0.5) is 0 Å². The molecule has 1 spiro atoms. The van der Waals surface area contributed by atoms with Crippen LogP contribution in [0.5, 0.6) is 5.75 Å². The second-order valence-corrected chi connectivity index (χ2v) is 16.9. The number of methoxy groups -OCH3 is 1. The van der Waals surface area contributed by atoms with Gasteiger partial charge < -0.3 is 29.6 Å². The molecule has 0 radical (unpaired) electrons. The highest BCUT2D eigenvalue weighted by molar-refractivity contribution is 9.12. The molecule has 9 nitrogen and oxygen atoms in total. The lowest BCUT2D eigenvalue weighted by atomic mass is 9.87. The molecule has 2 aliphatic rings. The lowest BCUT2D eigenvalue weighted by Gasteiger charge is -2.33. The maximum Gasteiger partial charge on any atom is 0.269 e. The van der Waals surface area contributed by atoms with Gasteiger partial charge in [-0.25, -0.2) is 0 Å². The van der Waals surface area contributed by atoms with Crippen LogP contribution in [0, 0.1) is 0 Å². The van der Waals surface area contributed by atoms with Crippen LogP contribution in [-0.4, -0.2) is 73.1 Å². The van der Waals surface area contributed by atoms with E-state index >= 15 is 0 Å². The molecule has 0 bridgehead atoms. The van der Waals surface area contributed by atoms with E-state index in [9.17, 15) is 14.7 Å². The van der Waals surface area contributed by atoms with Crippen LogP contribution in [0.1, 0.15) is 115 Å². The lowest BCUT2D eigenvalue weighted by Crippen LogP contribution is -2.45. The minimum Gasteiger partial charge on any atom is -0.495 e. The van der Waals surface area contributed by atoms with Crippen LogP contribution >= 0.6 is 63.7 Å². The van der Waals surface area contributed by atoms with Crippen LogP contribution in [0.25, 0.3) is 0 Å². The van der Waals surface area contributed by atoms with Crippen molar-refractivity contribution in [2.45, 2.75) is 128 Å². The van der Waals surface area contributed by atoms with Crippen molar-refractivity contribution in [2.24, 2.45) is 5.16 Å². The molecule has 2 amide bonds. The fourth-order valence-electron chi connectivity index (χ4n) is 6.22. The van der Waals surface area contributed by atoms with Crippen molar-refractivity contribution in [1.29, 1.82) is 0 Å². The molecule has 0 fully saturated rings. The van der Waals surface area contributed by atoms with Crippen molar-refractivity contribution >= 4 is 81.2 Å². The summed E-state index contributed by atoms with van der Waals surface area (Å²) in [5, 5.41) is 17.7. The molecule has 2 atom stereocenters. The van der Waals surface area contributed by atoms with Crippen LogP contribution in [0.3, 0.4) is 0 Å². The Hall–Kier alpha value is -1.41. The summed E-state index contributed by atoms with van der Waals surface area (Å²) in [5.41, 5.74) is -0.00394. The summed E-state index contributed by atoms with van der Waals surface area (Å²) >= 11 is 14.1. The van der Waals surface area contributed by atoms with Crippen molar-refractivity contribution in [3.8, 4) is 5.75 Å². The Labute approximate surface area is 338 Å². The Morgan fingerprint density at radius 3 is 2.14 bits per heavy atom. The summed E-state index contributed by atoms with van der Waals surface area (Å²) in [7, 11) is 3.38. The Morgan fingerprint density at radius 2 is 1.55 bits per heavy atom. The van der Waals surface area contributed by atoms with Gasteiger partial charge in [-0.15, -0.1) is 0 Å². The zero-order valence-electron chi connectivity index (χ0n) is 30.3. The fraction of sp³-hybridized carbons (Fsp3) is 0.658. The van der Waals surface area contributed by atoms with Crippen molar-refractivity contribution < 1.29 is 29.0 Å². The smallest absolute Gasteiger partial charge is 0.269 e. The first-order valence-electron chi connectivity index (χ1n) is 18.4. The highest BCUT2D eigenvalue weighted by atomic mass is 79.9. The standard InChI is InChI=1S/C38H55Br4N3O6/c1-4-5-6-7-8-9-10-11-12-13-14-15-16-18-32(46)45(2)21-17-22-50-34-28(39)23-27(24-29(34)40)19-20-43-37(48)31-26-38(51-44-31)25-30(41)35(49-3)33(42)36(38)47/h23-25,36,47H,4-22,26H2,1-3H3,(H,43,48)/t36-,38+/m0/s1. The van der Waals surface area contributed by atoms with Crippen LogP contribution in [0.2, 0.25) is 0 Å². The van der Waals surface area contributed by atoms with Crippen LogP contribution in [-0.2, 0) is 25.6 Å². The monoisotopic (exact) mass is 965 g/mol. The second kappa shape index (κ2) is 23.4. The van der Waals surface area contributed by atoms with E-state index in [0.29, 0.717) is 53.0 Å². The average Bonchev–Trinajstić information content (AvgIpc) is 3.53. The van der Waals surface area contributed by atoms with E-state index in [1.54, 1.807) is 6.08 Å².